The normalized spacial score (nSPS) is 14.5. The van der Waals surface area contributed by atoms with Crippen molar-refractivity contribution in [2.75, 3.05) is 0 Å². The number of nitrogens with zero attached hydrogens (tertiary/aromatic N) is 3. The quantitative estimate of drug-likeness (QED) is 0.394. The second-order valence-corrected chi connectivity index (χ2v) is 8.86. The van der Waals surface area contributed by atoms with Crippen LogP contribution in [0.3, 0.4) is 0 Å². The number of aromatic nitrogens is 3. The minimum Gasteiger partial charge on any atom is -0.478 e. The molecule has 1 N–H and O–H groups in total. The van der Waals surface area contributed by atoms with E-state index in [-0.39, 0.29) is 0 Å². The van der Waals surface area contributed by atoms with Crippen LogP contribution in [0.5, 0.6) is 0 Å². The summed E-state index contributed by atoms with van der Waals surface area (Å²) in [6.07, 6.45) is 11.5. The van der Waals surface area contributed by atoms with Gasteiger partial charge >= 0.3 is 5.97 Å². The van der Waals surface area contributed by atoms with Gasteiger partial charge in [-0.15, -0.1) is 0 Å². The summed E-state index contributed by atoms with van der Waals surface area (Å²) in [5.74, 6) is 1.13. The Morgan fingerprint density at radius 1 is 1.03 bits per heavy atom. The van der Waals surface area contributed by atoms with Gasteiger partial charge in [-0.3, -0.25) is 0 Å². The van der Waals surface area contributed by atoms with Crippen molar-refractivity contribution in [3.63, 3.8) is 0 Å². The van der Waals surface area contributed by atoms with Crippen molar-refractivity contribution < 1.29 is 9.90 Å². The molecule has 1 aromatic heterocycles. The van der Waals surface area contributed by atoms with Crippen molar-refractivity contribution in [2.24, 2.45) is 0 Å². The first-order chi connectivity index (χ1) is 15.7. The van der Waals surface area contributed by atoms with Gasteiger partial charge in [0.25, 0.3) is 0 Å². The zero-order chi connectivity index (χ0) is 22.3. The van der Waals surface area contributed by atoms with Gasteiger partial charge in [-0.1, -0.05) is 81.5 Å². The maximum atomic E-state index is 11.6. The summed E-state index contributed by atoms with van der Waals surface area (Å²) >= 11 is 0. The predicted molar refractivity (Wildman–Crippen MR) is 127 cm³/mol. The van der Waals surface area contributed by atoms with E-state index in [0.29, 0.717) is 11.6 Å². The molecule has 0 radical (unpaired) electrons. The molecule has 3 aromatic rings. The van der Waals surface area contributed by atoms with Gasteiger partial charge in [-0.05, 0) is 42.0 Å². The monoisotopic (exact) mass is 431 g/mol. The van der Waals surface area contributed by atoms with Crippen LogP contribution in [0.4, 0.5) is 0 Å². The van der Waals surface area contributed by atoms with Crippen molar-refractivity contribution in [3.05, 3.63) is 71.3 Å². The lowest BCUT2D eigenvalue weighted by Crippen LogP contribution is -2.17. The molecule has 1 aliphatic rings. The molecule has 1 heterocycles. The molecule has 168 valence electrons. The number of carbonyl (C=O) groups is 1. The van der Waals surface area contributed by atoms with Gasteiger partial charge in [-0.2, -0.15) is 5.10 Å². The van der Waals surface area contributed by atoms with Crippen LogP contribution in [0.15, 0.2) is 48.5 Å². The Kier molecular flexibility index (Phi) is 7.35. The molecule has 0 amide bonds. The third-order valence-electron chi connectivity index (χ3n) is 6.45. The van der Waals surface area contributed by atoms with Gasteiger partial charge in [0.15, 0.2) is 5.82 Å². The molecule has 5 nitrogen and oxygen atoms in total. The van der Waals surface area contributed by atoms with E-state index in [1.165, 1.54) is 50.5 Å². The highest BCUT2D eigenvalue weighted by Gasteiger charge is 2.21. The lowest BCUT2D eigenvalue weighted by atomic mass is 9.95. The Bertz CT molecular complexity index is 1030. The van der Waals surface area contributed by atoms with E-state index >= 15 is 0 Å². The minimum atomic E-state index is -0.902. The van der Waals surface area contributed by atoms with E-state index in [1.807, 2.05) is 24.3 Å². The molecule has 0 unspecified atom stereocenters. The molecule has 0 aliphatic heterocycles. The summed E-state index contributed by atoms with van der Waals surface area (Å²) in [6, 6.07) is 15.8. The largest absolute Gasteiger partial charge is 0.478 e. The molecule has 0 bridgehead atoms. The van der Waals surface area contributed by atoms with Crippen molar-refractivity contribution >= 4 is 5.97 Å². The van der Waals surface area contributed by atoms with Gasteiger partial charge in [0.2, 0.25) is 0 Å². The third kappa shape index (κ3) is 5.26. The number of carboxylic acids is 1. The topological polar surface area (TPSA) is 68.0 Å². The van der Waals surface area contributed by atoms with Gasteiger partial charge in [-0.25, -0.2) is 14.5 Å². The van der Waals surface area contributed by atoms with Crippen molar-refractivity contribution in [1.29, 1.82) is 0 Å². The second-order valence-electron chi connectivity index (χ2n) is 8.86. The highest BCUT2D eigenvalue weighted by Crippen LogP contribution is 2.30. The van der Waals surface area contributed by atoms with Gasteiger partial charge in [0.1, 0.15) is 5.82 Å². The summed E-state index contributed by atoms with van der Waals surface area (Å²) in [7, 11) is 0. The first-order valence-corrected chi connectivity index (χ1v) is 12.0. The zero-order valence-electron chi connectivity index (χ0n) is 19.0. The zero-order valence-corrected chi connectivity index (χ0v) is 19.0. The number of unbranched alkanes of at least 4 members (excludes halogenated alkanes) is 2. The number of benzene rings is 2. The summed E-state index contributed by atoms with van der Waals surface area (Å²) in [6.45, 7) is 2.22. The van der Waals surface area contributed by atoms with Crippen LogP contribution in [0, 0.1) is 0 Å². The smallest absolute Gasteiger partial charge is 0.336 e. The number of aryl methyl sites for hydroxylation is 1. The molecule has 1 saturated carbocycles. The van der Waals surface area contributed by atoms with E-state index in [2.05, 4.69) is 23.7 Å². The van der Waals surface area contributed by atoms with Gasteiger partial charge < -0.3 is 5.11 Å². The maximum Gasteiger partial charge on any atom is 0.336 e. The average molecular weight is 432 g/mol. The summed E-state index contributed by atoms with van der Waals surface area (Å²) in [5.41, 5.74) is 3.16. The molecule has 0 atom stereocenters. The number of carboxylic acid groups (broad SMARTS) is 1. The molecule has 4 rings (SSSR count). The second kappa shape index (κ2) is 10.6. The first-order valence-electron chi connectivity index (χ1n) is 12.0. The molecule has 0 saturated heterocycles. The molecular formula is C27H33N3O2. The molecule has 1 fully saturated rings. The lowest BCUT2D eigenvalue weighted by molar-refractivity contribution is 0.0697. The minimum absolute atomic E-state index is 0.328. The van der Waals surface area contributed by atoms with E-state index in [0.717, 1.165) is 42.0 Å². The number of aromatic carboxylic acids is 1. The van der Waals surface area contributed by atoms with Crippen LogP contribution in [0.25, 0.3) is 11.1 Å². The number of rotatable bonds is 9. The van der Waals surface area contributed by atoms with Crippen molar-refractivity contribution in [1.82, 2.24) is 14.8 Å². The number of hydrogen-bond donors (Lipinski definition) is 1. The average Bonchev–Trinajstić information content (AvgIpc) is 3.23. The fourth-order valence-electron chi connectivity index (χ4n) is 4.69. The van der Waals surface area contributed by atoms with Crippen LogP contribution in [0.1, 0.15) is 91.9 Å². The lowest BCUT2D eigenvalue weighted by Gasteiger charge is -2.23. The molecule has 2 aromatic carbocycles. The van der Waals surface area contributed by atoms with Crippen LogP contribution < -0.4 is 0 Å². The van der Waals surface area contributed by atoms with E-state index in [4.69, 9.17) is 10.1 Å². The Balaban J connectivity index is 1.56. The summed E-state index contributed by atoms with van der Waals surface area (Å²) in [4.78, 5) is 16.5. The predicted octanol–water partition coefficient (Wildman–Crippen LogP) is 6.47. The van der Waals surface area contributed by atoms with Gasteiger partial charge in [0, 0.05) is 12.8 Å². The Morgan fingerprint density at radius 3 is 2.50 bits per heavy atom. The van der Waals surface area contributed by atoms with Crippen molar-refractivity contribution in [2.45, 2.75) is 77.2 Å². The first kappa shape index (κ1) is 22.3. The Hall–Kier alpha value is -2.95. The molecule has 5 heteroatoms. The highest BCUT2D eigenvalue weighted by molar-refractivity contribution is 5.95. The van der Waals surface area contributed by atoms with E-state index in [1.54, 1.807) is 12.1 Å². The summed E-state index contributed by atoms with van der Waals surface area (Å²) < 4.78 is 2.22. The van der Waals surface area contributed by atoms with Crippen LogP contribution >= 0.6 is 0 Å². The maximum absolute atomic E-state index is 11.6. The Labute approximate surface area is 190 Å². The molecule has 0 spiro atoms. The Morgan fingerprint density at radius 2 is 1.78 bits per heavy atom. The number of hydrogen-bond acceptors (Lipinski definition) is 3. The van der Waals surface area contributed by atoms with E-state index in [9.17, 15) is 9.90 Å². The van der Waals surface area contributed by atoms with E-state index < -0.39 is 5.97 Å². The standard InChI is InChI=1S/C27H33N3O2/c1-2-3-5-14-25-28-26(30(29-25)22-10-6-4-7-11-22)19-20-15-17-21(18-16-20)23-12-8-9-13-24(23)27(31)32/h8-9,12-13,15-18,22H,2-7,10-11,14,19H2,1H3,(H,31,32). The highest BCUT2D eigenvalue weighted by atomic mass is 16.4. The van der Waals surface area contributed by atoms with Crippen LogP contribution in [0.2, 0.25) is 0 Å². The van der Waals surface area contributed by atoms with Crippen LogP contribution in [-0.2, 0) is 12.8 Å². The van der Waals surface area contributed by atoms with Gasteiger partial charge in [0.05, 0.1) is 11.6 Å². The fraction of sp³-hybridized carbons (Fsp3) is 0.444. The fourth-order valence-corrected chi connectivity index (χ4v) is 4.69. The van der Waals surface area contributed by atoms with Crippen LogP contribution in [-0.4, -0.2) is 25.8 Å². The van der Waals surface area contributed by atoms with Crippen molar-refractivity contribution in [3.8, 4) is 11.1 Å². The summed E-state index contributed by atoms with van der Waals surface area (Å²) in [5, 5.41) is 14.4. The SMILES string of the molecule is CCCCCc1nc(Cc2ccc(-c3ccccc3C(=O)O)cc2)n(C2CCCCC2)n1. The molecule has 1 aliphatic carbocycles. The third-order valence-corrected chi connectivity index (χ3v) is 6.45. The molecular weight excluding hydrogens is 398 g/mol. The molecule has 32 heavy (non-hydrogen) atoms.